The Morgan fingerprint density at radius 3 is 2.16 bits per heavy atom. The second-order valence-electron chi connectivity index (χ2n) is 10.6. The number of anilines is 1. The molecular formula is C31H33Cl4N3O4S. The van der Waals surface area contributed by atoms with Gasteiger partial charge >= 0.3 is 0 Å². The number of halogens is 4. The van der Waals surface area contributed by atoms with Crippen molar-refractivity contribution in [3.05, 3.63) is 91.9 Å². The topological polar surface area (TPSA) is 86.8 Å². The molecule has 1 fully saturated rings. The van der Waals surface area contributed by atoms with E-state index in [4.69, 9.17) is 46.4 Å². The third-order valence-electron chi connectivity index (χ3n) is 7.54. The van der Waals surface area contributed by atoms with E-state index in [1.807, 2.05) is 6.92 Å². The SMILES string of the molecule is CC[C@@H](C(=O)NC1CCCC1)N(Cc1c(Cl)cccc1Cl)C(=O)CN(c1cc(Cl)ccc1Cl)S(=O)(=O)c1ccc(C)cc1. The van der Waals surface area contributed by atoms with Gasteiger partial charge in [-0.1, -0.05) is 89.9 Å². The van der Waals surface area contributed by atoms with Gasteiger partial charge in [-0.2, -0.15) is 0 Å². The van der Waals surface area contributed by atoms with Crippen LogP contribution in [0.25, 0.3) is 0 Å². The van der Waals surface area contributed by atoms with Gasteiger partial charge < -0.3 is 10.2 Å². The van der Waals surface area contributed by atoms with Crippen LogP contribution in [0.3, 0.4) is 0 Å². The summed E-state index contributed by atoms with van der Waals surface area (Å²) in [5, 5.41) is 4.03. The molecule has 1 N–H and O–H groups in total. The number of benzene rings is 3. The highest BCUT2D eigenvalue weighted by Gasteiger charge is 2.35. The molecule has 0 bridgehead atoms. The number of rotatable bonds is 11. The zero-order valence-corrected chi connectivity index (χ0v) is 27.7. The highest BCUT2D eigenvalue weighted by Crippen LogP contribution is 2.34. The molecule has 0 saturated heterocycles. The lowest BCUT2D eigenvalue weighted by atomic mass is 10.1. The second kappa shape index (κ2) is 14.5. The van der Waals surface area contributed by atoms with Gasteiger partial charge in [0.2, 0.25) is 11.8 Å². The van der Waals surface area contributed by atoms with Crippen molar-refractivity contribution >= 4 is 73.9 Å². The zero-order valence-electron chi connectivity index (χ0n) is 23.8. The van der Waals surface area contributed by atoms with Crippen LogP contribution in [0.5, 0.6) is 0 Å². The highest BCUT2D eigenvalue weighted by molar-refractivity contribution is 7.92. The molecule has 1 aliphatic carbocycles. The normalized spacial score (nSPS) is 14.4. The van der Waals surface area contributed by atoms with Crippen molar-refractivity contribution in [1.29, 1.82) is 0 Å². The number of hydrogen-bond acceptors (Lipinski definition) is 4. The molecule has 3 aromatic rings. The van der Waals surface area contributed by atoms with E-state index in [2.05, 4.69) is 5.32 Å². The van der Waals surface area contributed by atoms with Gasteiger partial charge in [0.25, 0.3) is 10.0 Å². The van der Waals surface area contributed by atoms with Crippen molar-refractivity contribution in [2.24, 2.45) is 0 Å². The van der Waals surface area contributed by atoms with E-state index in [1.54, 1.807) is 37.3 Å². The molecule has 12 heteroatoms. The minimum Gasteiger partial charge on any atom is -0.352 e. The first-order valence-electron chi connectivity index (χ1n) is 14.0. The molecule has 7 nitrogen and oxygen atoms in total. The molecule has 0 heterocycles. The Morgan fingerprint density at radius 2 is 1.56 bits per heavy atom. The van der Waals surface area contributed by atoms with Crippen LogP contribution in [0, 0.1) is 6.92 Å². The summed E-state index contributed by atoms with van der Waals surface area (Å²) < 4.78 is 29.1. The fourth-order valence-corrected chi connectivity index (χ4v) is 7.55. The van der Waals surface area contributed by atoms with E-state index in [-0.39, 0.29) is 45.5 Å². The summed E-state index contributed by atoms with van der Waals surface area (Å²) in [4.78, 5) is 29.2. The first-order chi connectivity index (χ1) is 20.4. The highest BCUT2D eigenvalue weighted by atomic mass is 35.5. The number of hydrogen-bond donors (Lipinski definition) is 1. The average Bonchev–Trinajstić information content (AvgIpc) is 3.47. The van der Waals surface area contributed by atoms with Crippen LogP contribution in [0.1, 0.15) is 50.2 Å². The number of nitrogens with zero attached hydrogens (tertiary/aromatic N) is 2. The number of carbonyl (C=O) groups is 2. The summed E-state index contributed by atoms with van der Waals surface area (Å²) in [5.41, 5.74) is 1.34. The summed E-state index contributed by atoms with van der Waals surface area (Å²) in [5.74, 6) is -0.962. The third-order valence-corrected chi connectivity index (χ3v) is 10.6. The fraction of sp³-hybridized carbons (Fsp3) is 0.355. The van der Waals surface area contributed by atoms with E-state index < -0.39 is 28.5 Å². The number of nitrogens with one attached hydrogen (secondary N) is 1. The molecular weight excluding hydrogens is 652 g/mol. The fourth-order valence-electron chi connectivity index (χ4n) is 5.17. The molecule has 0 radical (unpaired) electrons. The van der Waals surface area contributed by atoms with Crippen LogP contribution in [-0.2, 0) is 26.2 Å². The van der Waals surface area contributed by atoms with Crippen LogP contribution in [0.2, 0.25) is 20.1 Å². The Bertz CT molecular complexity index is 1560. The molecule has 1 aliphatic rings. The van der Waals surface area contributed by atoms with E-state index >= 15 is 0 Å². The number of aryl methyl sites for hydroxylation is 1. The van der Waals surface area contributed by atoms with Crippen LogP contribution in [0.15, 0.2) is 65.6 Å². The van der Waals surface area contributed by atoms with Crippen LogP contribution >= 0.6 is 46.4 Å². The Balaban J connectivity index is 1.78. The predicted octanol–water partition coefficient (Wildman–Crippen LogP) is 7.67. The third kappa shape index (κ3) is 7.97. The van der Waals surface area contributed by atoms with Crippen molar-refractivity contribution in [2.45, 2.75) is 69.5 Å². The largest absolute Gasteiger partial charge is 0.352 e. The summed E-state index contributed by atoms with van der Waals surface area (Å²) >= 11 is 25.7. The van der Waals surface area contributed by atoms with Crippen molar-refractivity contribution in [1.82, 2.24) is 10.2 Å². The lowest BCUT2D eigenvalue weighted by Gasteiger charge is -2.34. The van der Waals surface area contributed by atoms with Crippen molar-refractivity contribution in [3.8, 4) is 0 Å². The van der Waals surface area contributed by atoms with Crippen molar-refractivity contribution in [2.75, 3.05) is 10.8 Å². The Labute approximate surface area is 273 Å². The van der Waals surface area contributed by atoms with Crippen molar-refractivity contribution < 1.29 is 18.0 Å². The second-order valence-corrected chi connectivity index (χ2v) is 14.1. The van der Waals surface area contributed by atoms with Crippen LogP contribution < -0.4 is 9.62 Å². The van der Waals surface area contributed by atoms with E-state index in [9.17, 15) is 18.0 Å². The summed E-state index contributed by atoms with van der Waals surface area (Å²) in [6.45, 7) is 2.86. The number of amides is 2. The molecule has 43 heavy (non-hydrogen) atoms. The lowest BCUT2D eigenvalue weighted by Crippen LogP contribution is -2.53. The van der Waals surface area contributed by atoms with Crippen LogP contribution in [0.4, 0.5) is 5.69 Å². The molecule has 3 aromatic carbocycles. The molecule has 2 amide bonds. The summed E-state index contributed by atoms with van der Waals surface area (Å²) in [6, 6.07) is 14.7. The molecule has 0 aliphatic heterocycles. The Kier molecular flexibility index (Phi) is 11.3. The maximum absolute atomic E-state index is 14.3. The smallest absolute Gasteiger partial charge is 0.264 e. The minimum atomic E-state index is -4.31. The van der Waals surface area contributed by atoms with Gasteiger partial charge in [0.1, 0.15) is 12.6 Å². The van der Waals surface area contributed by atoms with Gasteiger partial charge in [0.15, 0.2) is 0 Å². The number of sulfonamides is 1. The van der Waals surface area contributed by atoms with Crippen LogP contribution in [-0.4, -0.2) is 43.8 Å². The zero-order chi connectivity index (χ0) is 31.3. The maximum atomic E-state index is 14.3. The van der Waals surface area contributed by atoms with Gasteiger partial charge in [0.05, 0.1) is 15.6 Å². The lowest BCUT2D eigenvalue weighted by molar-refractivity contribution is -0.140. The molecule has 4 rings (SSSR count). The van der Waals surface area contributed by atoms with Gasteiger partial charge in [-0.3, -0.25) is 13.9 Å². The quantitative estimate of drug-likeness (QED) is 0.225. The van der Waals surface area contributed by atoms with E-state index in [0.717, 1.165) is 35.6 Å². The maximum Gasteiger partial charge on any atom is 0.264 e. The molecule has 230 valence electrons. The Hall–Kier alpha value is -2.49. The molecule has 0 unspecified atom stereocenters. The first kappa shape index (κ1) is 33.4. The Morgan fingerprint density at radius 1 is 0.930 bits per heavy atom. The van der Waals surface area contributed by atoms with E-state index in [0.29, 0.717) is 15.6 Å². The standard InChI is InChI=1S/C31H33Cl4N3O4S/c1-3-28(31(40)36-22-7-4-5-8-22)37(18-24-25(33)9-6-10-26(24)34)30(39)19-38(29-17-21(32)13-16-27(29)35)43(41,42)23-14-11-20(2)12-15-23/h6,9-17,22,28H,3-5,7-8,18-19H2,1-2H3,(H,36,40)/t28-/m0/s1. The molecule has 0 aromatic heterocycles. The predicted molar refractivity (Wildman–Crippen MR) is 174 cm³/mol. The van der Waals surface area contributed by atoms with Gasteiger partial charge in [-0.25, -0.2) is 8.42 Å². The monoisotopic (exact) mass is 683 g/mol. The number of carbonyl (C=O) groups excluding carboxylic acids is 2. The molecule has 1 saturated carbocycles. The minimum absolute atomic E-state index is 0.0195. The van der Waals surface area contributed by atoms with E-state index in [1.165, 1.54) is 35.2 Å². The molecule has 1 atom stereocenters. The average molecular weight is 686 g/mol. The summed E-state index contributed by atoms with van der Waals surface area (Å²) in [7, 11) is -4.31. The van der Waals surface area contributed by atoms with Gasteiger partial charge in [-0.05, 0) is 68.7 Å². The van der Waals surface area contributed by atoms with Gasteiger partial charge in [0, 0.05) is 33.2 Å². The first-order valence-corrected chi connectivity index (χ1v) is 16.9. The molecule has 0 spiro atoms. The summed E-state index contributed by atoms with van der Waals surface area (Å²) in [6.07, 6.45) is 4.04. The van der Waals surface area contributed by atoms with Gasteiger partial charge in [-0.15, -0.1) is 0 Å². The van der Waals surface area contributed by atoms with Crippen molar-refractivity contribution in [3.63, 3.8) is 0 Å².